The Balaban J connectivity index is 2.82. The van der Waals surface area contributed by atoms with Crippen LogP contribution in [0.4, 0.5) is 0 Å². The van der Waals surface area contributed by atoms with E-state index in [9.17, 15) is 8.42 Å². The number of benzene rings is 1. The molecule has 27 heavy (non-hydrogen) atoms. The smallest absolute Gasteiger partial charge is 0.193 e. The Morgan fingerprint density at radius 1 is 1.19 bits per heavy atom. The van der Waals surface area contributed by atoms with Crippen molar-refractivity contribution in [3.63, 3.8) is 0 Å². The fourth-order valence-electron chi connectivity index (χ4n) is 2.51. The van der Waals surface area contributed by atoms with E-state index in [1.165, 1.54) is 0 Å². The average molecular weight is 400 g/mol. The number of aryl methyl sites for hydroxylation is 1. The van der Waals surface area contributed by atoms with Gasteiger partial charge in [0.2, 0.25) is 0 Å². The second-order valence-electron chi connectivity index (χ2n) is 7.39. The summed E-state index contributed by atoms with van der Waals surface area (Å²) < 4.78 is 34.4. The summed E-state index contributed by atoms with van der Waals surface area (Å²) in [7, 11) is 3.63. The minimum Gasteiger partial charge on any atom is -0.493 e. The molecule has 1 N–H and O–H groups in total. The lowest BCUT2D eigenvalue weighted by atomic mass is 10.1. The second-order valence-corrected chi connectivity index (χ2v) is 10.3. The van der Waals surface area contributed by atoms with Crippen LogP contribution in [-0.4, -0.2) is 64.6 Å². The van der Waals surface area contributed by atoms with E-state index in [1.807, 2.05) is 31.0 Å². The molecule has 0 aliphatic rings. The molecule has 0 heterocycles. The number of methoxy groups -OCH3 is 2. The van der Waals surface area contributed by atoms with Gasteiger partial charge in [-0.1, -0.05) is 0 Å². The van der Waals surface area contributed by atoms with Crippen LogP contribution in [0.5, 0.6) is 11.5 Å². The summed E-state index contributed by atoms with van der Waals surface area (Å²) in [5.41, 5.74) is 2.14. The minimum absolute atomic E-state index is 0.0543. The molecular weight excluding hydrogens is 366 g/mol. The van der Waals surface area contributed by atoms with Gasteiger partial charge in [0.05, 0.1) is 24.7 Å². The molecule has 0 aromatic heterocycles. The number of ether oxygens (including phenoxy) is 2. The van der Waals surface area contributed by atoms with Crippen LogP contribution < -0.4 is 14.8 Å². The lowest BCUT2D eigenvalue weighted by Crippen LogP contribution is -2.42. The van der Waals surface area contributed by atoms with E-state index in [4.69, 9.17) is 9.47 Å². The summed E-state index contributed by atoms with van der Waals surface area (Å²) in [5.74, 6) is 2.05. The molecule has 1 aromatic rings. The molecule has 0 spiro atoms. The van der Waals surface area contributed by atoms with Crippen molar-refractivity contribution in [3.8, 4) is 11.5 Å². The number of hydrogen-bond donors (Lipinski definition) is 1. The highest BCUT2D eigenvalue weighted by Gasteiger charge is 2.28. The zero-order valence-corrected chi connectivity index (χ0v) is 18.5. The van der Waals surface area contributed by atoms with E-state index in [-0.39, 0.29) is 5.75 Å². The number of hydrogen-bond acceptors (Lipinski definition) is 5. The van der Waals surface area contributed by atoms with Gasteiger partial charge < -0.3 is 19.7 Å². The number of nitrogens with one attached hydrogen (secondary N) is 1. The maximum Gasteiger partial charge on any atom is 0.193 e. The van der Waals surface area contributed by atoms with Crippen LogP contribution in [0.15, 0.2) is 17.1 Å². The van der Waals surface area contributed by atoms with Crippen molar-refractivity contribution < 1.29 is 17.9 Å². The van der Waals surface area contributed by atoms with Crippen molar-refractivity contribution in [2.24, 2.45) is 4.99 Å². The summed E-state index contributed by atoms with van der Waals surface area (Å²) in [6.45, 7) is 8.05. The average Bonchev–Trinajstić information content (AvgIpc) is 2.58. The molecule has 0 unspecified atom stereocenters. The van der Waals surface area contributed by atoms with Crippen molar-refractivity contribution in [2.45, 2.75) is 39.0 Å². The number of nitrogens with zero attached hydrogens (tertiary/aromatic N) is 2. The third-order valence-electron chi connectivity index (χ3n) is 4.41. The summed E-state index contributed by atoms with van der Waals surface area (Å²) >= 11 is 0. The highest BCUT2D eigenvalue weighted by molar-refractivity contribution is 7.92. The zero-order chi connectivity index (χ0) is 20.8. The molecule has 1 rings (SSSR count). The van der Waals surface area contributed by atoms with Crippen LogP contribution in [-0.2, 0) is 16.4 Å². The van der Waals surface area contributed by atoms with Gasteiger partial charge in [-0.05, 0) is 51.0 Å². The van der Waals surface area contributed by atoms with E-state index in [1.54, 1.807) is 42.0 Å². The lowest BCUT2D eigenvalue weighted by Gasteiger charge is -2.24. The van der Waals surface area contributed by atoms with Gasteiger partial charge in [-0.25, -0.2) is 8.42 Å². The maximum atomic E-state index is 12.2. The van der Waals surface area contributed by atoms with E-state index < -0.39 is 14.6 Å². The predicted octanol–water partition coefficient (Wildman–Crippen LogP) is 2.23. The van der Waals surface area contributed by atoms with E-state index in [0.717, 1.165) is 11.1 Å². The largest absolute Gasteiger partial charge is 0.493 e. The molecule has 0 atom stereocenters. The van der Waals surface area contributed by atoms with Crippen LogP contribution in [0.25, 0.3) is 0 Å². The molecule has 7 nitrogen and oxygen atoms in total. The highest BCUT2D eigenvalue weighted by Crippen LogP contribution is 2.30. The lowest BCUT2D eigenvalue weighted by molar-refractivity contribution is 0.353. The van der Waals surface area contributed by atoms with Gasteiger partial charge in [0, 0.05) is 27.2 Å². The Labute approximate surface area is 163 Å². The molecule has 0 saturated carbocycles. The maximum absolute atomic E-state index is 12.2. The number of guanidine groups is 1. The normalized spacial score (nSPS) is 12.7. The van der Waals surface area contributed by atoms with Crippen LogP contribution in [0.1, 0.15) is 31.9 Å². The molecule has 1 aromatic carbocycles. The van der Waals surface area contributed by atoms with Crippen LogP contribution in [0.3, 0.4) is 0 Å². The van der Waals surface area contributed by atoms with Crippen LogP contribution in [0, 0.1) is 6.92 Å². The minimum atomic E-state index is -3.18. The fraction of sp³-hybridized carbons (Fsp3) is 0.632. The Morgan fingerprint density at radius 3 is 2.22 bits per heavy atom. The molecule has 0 aliphatic heterocycles. The molecule has 154 valence electrons. The standard InChI is InChI=1S/C19H33N3O4S/c1-14-11-16(25-7)17(26-8)12-15(14)13-22(6)18(20-5)21-9-10-27(23,24)19(2,3)4/h11-12H,9-10,13H2,1-8H3,(H,20,21). The van der Waals surface area contributed by atoms with Gasteiger partial charge in [0.1, 0.15) is 0 Å². The Kier molecular flexibility index (Phi) is 7.95. The molecule has 0 fully saturated rings. The molecule has 0 radical (unpaired) electrons. The second kappa shape index (κ2) is 9.30. The van der Waals surface area contributed by atoms with Crippen molar-refractivity contribution >= 4 is 15.8 Å². The SMILES string of the molecule is CN=C(NCCS(=O)(=O)C(C)(C)C)N(C)Cc1cc(OC)c(OC)cc1C. The van der Waals surface area contributed by atoms with Gasteiger partial charge in [0.25, 0.3) is 0 Å². The van der Waals surface area contributed by atoms with Gasteiger partial charge in [-0.2, -0.15) is 0 Å². The first kappa shape index (κ1) is 23.1. The first-order valence-corrected chi connectivity index (χ1v) is 10.5. The topological polar surface area (TPSA) is 80.2 Å². The van der Waals surface area contributed by atoms with Gasteiger partial charge in [-0.3, -0.25) is 4.99 Å². The van der Waals surface area contributed by atoms with Crippen molar-refractivity contribution in [1.82, 2.24) is 10.2 Å². The first-order valence-electron chi connectivity index (χ1n) is 8.82. The molecule has 0 bridgehead atoms. The van der Waals surface area contributed by atoms with Crippen LogP contribution >= 0.6 is 0 Å². The Morgan fingerprint density at radius 2 is 1.74 bits per heavy atom. The van der Waals surface area contributed by atoms with Gasteiger partial charge in [0.15, 0.2) is 27.3 Å². The highest BCUT2D eigenvalue weighted by atomic mass is 32.2. The Bertz CT molecular complexity index is 768. The van der Waals surface area contributed by atoms with E-state index in [2.05, 4.69) is 10.3 Å². The van der Waals surface area contributed by atoms with Gasteiger partial charge >= 0.3 is 0 Å². The quantitative estimate of drug-likeness (QED) is 0.559. The first-order chi connectivity index (χ1) is 12.5. The zero-order valence-electron chi connectivity index (χ0n) is 17.7. The molecule has 8 heteroatoms. The van der Waals surface area contributed by atoms with Crippen molar-refractivity contribution in [1.29, 1.82) is 0 Å². The van der Waals surface area contributed by atoms with Gasteiger partial charge in [-0.15, -0.1) is 0 Å². The molecule has 0 saturated heterocycles. The van der Waals surface area contributed by atoms with Crippen molar-refractivity contribution in [3.05, 3.63) is 23.3 Å². The molecular formula is C19H33N3O4S. The fourth-order valence-corrected chi connectivity index (χ4v) is 3.49. The summed E-state index contributed by atoms with van der Waals surface area (Å²) in [6, 6.07) is 3.89. The Hall–Kier alpha value is -1.96. The summed E-state index contributed by atoms with van der Waals surface area (Å²) in [4.78, 5) is 6.19. The molecule has 0 aliphatic carbocycles. The summed E-state index contributed by atoms with van der Waals surface area (Å²) in [5, 5.41) is 3.13. The van der Waals surface area contributed by atoms with Crippen LogP contribution in [0.2, 0.25) is 0 Å². The third kappa shape index (κ3) is 6.02. The monoisotopic (exact) mass is 399 g/mol. The number of sulfone groups is 1. The predicted molar refractivity (Wildman–Crippen MR) is 111 cm³/mol. The number of rotatable bonds is 7. The van der Waals surface area contributed by atoms with E-state index in [0.29, 0.717) is 30.5 Å². The van der Waals surface area contributed by atoms with E-state index >= 15 is 0 Å². The van der Waals surface area contributed by atoms with Crippen molar-refractivity contribution in [2.75, 3.05) is 40.6 Å². The number of aliphatic imine (C=N–C) groups is 1. The molecule has 0 amide bonds. The third-order valence-corrected chi connectivity index (χ3v) is 7.02. The summed E-state index contributed by atoms with van der Waals surface area (Å²) in [6.07, 6.45) is 0.